The third kappa shape index (κ3) is 3.99. The van der Waals surface area contributed by atoms with Crippen LogP contribution in [0.2, 0.25) is 0 Å². The molecule has 0 spiro atoms. The molecule has 2 aromatic rings. The van der Waals surface area contributed by atoms with Crippen molar-refractivity contribution in [2.24, 2.45) is 5.73 Å². The molecule has 0 amide bonds. The Kier molecular flexibility index (Phi) is 4.41. The van der Waals surface area contributed by atoms with E-state index in [9.17, 15) is 0 Å². The minimum atomic E-state index is 0.126. The van der Waals surface area contributed by atoms with Crippen LogP contribution >= 0.6 is 0 Å². The summed E-state index contributed by atoms with van der Waals surface area (Å²) in [6, 6.07) is 5.99. The molecule has 2 aromatic heterocycles. The van der Waals surface area contributed by atoms with Crippen LogP contribution in [0.5, 0.6) is 0 Å². The van der Waals surface area contributed by atoms with E-state index in [1.807, 2.05) is 49.5 Å². The van der Waals surface area contributed by atoms with Gasteiger partial charge >= 0.3 is 0 Å². The predicted molar refractivity (Wildman–Crippen MR) is 75.7 cm³/mol. The summed E-state index contributed by atoms with van der Waals surface area (Å²) in [6.45, 7) is 2.66. The molecule has 5 heteroatoms. The van der Waals surface area contributed by atoms with Gasteiger partial charge in [0.05, 0.1) is 12.2 Å². The van der Waals surface area contributed by atoms with Crippen LogP contribution in [-0.2, 0) is 13.0 Å². The van der Waals surface area contributed by atoms with Crippen molar-refractivity contribution in [3.8, 4) is 0 Å². The molecule has 0 radical (unpaired) electrons. The zero-order chi connectivity index (χ0) is 13.7. The highest BCUT2D eigenvalue weighted by atomic mass is 15.2. The number of nitrogens with zero attached hydrogens (tertiary/aromatic N) is 4. The minimum Gasteiger partial charge on any atom is -0.338 e. The highest BCUT2D eigenvalue weighted by Gasteiger charge is 2.06. The molecule has 100 valence electrons. The van der Waals surface area contributed by atoms with Crippen LogP contribution < -0.4 is 10.6 Å². The second-order valence-corrected chi connectivity index (χ2v) is 4.75. The van der Waals surface area contributed by atoms with Crippen LogP contribution in [0.25, 0.3) is 0 Å². The van der Waals surface area contributed by atoms with Gasteiger partial charge in [0.15, 0.2) is 0 Å². The molecule has 2 N–H and O–H groups in total. The summed E-state index contributed by atoms with van der Waals surface area (Å²) in [5, 5.41) is 0. The van der Waals surface area contributed by atoms with E-state index in [2.05, 4.69) is 15.0 Å². The second-order valence-electron chi connectivity index (χ2n) is 4.75. The summed E-state index contributed by atoms with van der Waals surface area (Å²) >= 11 is 0. The average Bonchev–Trinajstić information content (AvgIpc) is 2.40. The zero-order valence-electron chi connectivity index (χ0n) is 11.3. The largest absolute Gasteiger partial charge is 0.338 e. The lowest BCUT2D eigenvalue weighted by molar-refractivity contribution is 0.730. The molecule has 19 heavy (non-hydrogen) atoms. The highest BCUT2D eigenvalue weighted by molar-refractivity contribution is 5.29. The van der Waals surface area contributed by atoms with E-state index in [1.165, 1.54) is 0 Å². The van der Waals surface area contributed by atoms with E-state index < -0.39 is 0 Å². The first-order valence-electron chi connectivity index (χ1n) is 6.32. The lowest BCUT2D eigenvalue weighted by atomic mass is 10.1. The van der Waals surface area contributed by atoms with Crippen molar-refractivity contribution in [2.45, 2.75) is 25.9 Å². The number of aromatic nitrogens is 3. The van der Waals surface area contributed by atoms with Crippen molar-refractivity contribution in [3.05, 3.63) is 48.0 Å². The Labute approximate surface area is 113 Å². The van der Waals surface area contributed by atoms with Gasteiger partial charge in [-0.1, -0.05) is 6.07 Å². The molecule has 1 unspecified atom stereocenters. The van der Waals surface area contributed by atoms with Gasteiger partial charge in [-0.2, -0.15) is 0 Å². The number of anilines is 1. The molecule has 2 heterocycles. The third-order valence-corrected chi connectivity index (χ3v) is 2.72. The van der Waals surface area contributed by atoms with Crippen LogP contribution in [0, 0.1) is 0 Å². The van der Waals surface area contributed by atoms with Crippen molar-refractivity contribution in [3.63, 3.8) is 0 Å². The quantitative estimate of drug-likeness (QED) is 0.877. The van der Waals surface area contributed by atoms with Crippen LogP contribution in [0.3, 0.4) is 0 Å². The Morgan fingerprint density at radius 2 is 1.95 bits per heavy atom. The number of rotatable bonds is 5. The molecular weight excluding hydrogens is 238 g/mol. The summed E-state index contributed by atoms with van der Waals surface area (Å²) in [7, 11) is 1.95. The first-order chi connectivity index (χ1) is 9.15. The molecular formula is C14H19N5. The maximum atomic E-state index is 5.75. The molecule has 0 aliphatic rings. The standard InChI is InChI=1S/C14H19N5/c1-11(15)7-12-8-17-14(18-9-12)19(2)10-13-5-3-4-6-16-13/h3-6,8-9,11H,7,10,15H2,1-2H3. The van der Waals surface area contributed by atoms with E-state index in [1.54, 1.807) is 6.20 Å². The number of pyridine rings is 1. The maximum Gasteiger partial charge on any atom is 0.225 e. The Morgan fingerprint density at radius 1 is 1.21 bits per heavy atom. The van der Waals surface area contributed by atoms with E-state index >= 15 is 0 Å². The molecule has 0 aliphatic heterocycles. The summed E-state index contributed by atoms with van der Waals surface area (Å²) in [6.07, 6.45) is 6.25. The van der Waals surface area contributed by atoms with E-state index in [0.717, 1.165) is 17.7 Å². The second kappa shape index (κ2) is 6.24. The van der Waals surface area contributed by atoms with Crippen molar-refractivity contribution < 1.29 is 0 Å². The highest BCUT2D eigenvalue weighted by Crippen LogP contribution is 2.09. The van der Waals surface area contributed by atoms with Gasteiger partial charge in [0, 0.05) is 31.7 Å². The van der Waals surface area contributed by atoms with Crippen LogP contribution in [0.1, 0.15) is 18.2 Å². The average molecular weight is 257 g/mol. The first-order valence-corrected chi connectivity index (χ1v) is 6.32. The Morgan fingerprint density at radius 3 is 2.53 bits per heavy atom. The van der Waals surface area contributed by atoms with E-state index in [-0.39, 0.29) is 6.04 Å². The van der Waals surface area contributed by atoms with Gasteiger partial charge in [-0.3, -0.25) is 4.98 Å². The van der Waals surface area contributed by atoms with Gasteiger partial charge < -0.3 is 10.6 Å². The van der Waals surface area contributed by atoms with Gasteiger partial charge in [-0.05, 0) is 31.0 Å². The minimum absolute atomic E-state index is 0.126. The number of hydrogen-bond acceptors (Lipinski definition) is 5. The first kappa shape index (κ1) is 13.4. The van der Waals surface area contributed by atoms with Crippen molar-refractivity contribution in [1.82, 2.24) is 15.0 Å². The van der Waals surface area contributed by atoms with Crippen molar-refractivity contribution in [2.75, 3.05) is 11.9 Å². The van der Waals surface area contributed by atoms with Crippen LogP contribution in [0.15, 0.2) is 36.8 Å². The fourth-order valence-electron chi connectivity index (χ4n) is 1.83. The van der Waals surface area contributed by atoms with E-state index in [4.69, 9.17) is 5.73 Å². The zero-order valence-corrected chi connectivity index (χ0v) is 11.3. The third-order valence-electron chi connectivity index (χ3n) is 2.72. The fourth-order valence-corrected chi connectivity index (χ4v) is 1.83. The Hall–Kier alpha value is -2.01. The summed E-state index contributed by atoms with van der Waals surface area (Å²) in [5.74, 6) is 0.694. The normalized spacial score (nSPS) is 12.2. The summed E-state index contributed by atoms with van der Waals surface area (Å²) in [4.78, 5) is 15.0. The topological polar surface area (TPSA) is 67.9 Å². The van der Waals surface area contributed by atoms with Gasteiger partial charge in [0.2, 0.25) is 5.95 Å². The van der Waals surface area contributed by atoms with Crippen LogP contribution in [0.4, 0.5) is 5.95 Å². The molecule has 0 fully saturated rings. The summed E-state index contributed by atoms with van der Waals surface area (Å²) in [5.41, 5.74) is 7.80. The van der Waals surface area contributed by atoms with Gasteiger partial charge in [-0.25, -0.2) is 9.97 Å². The SMILES string of the molecule is CC(N)Cc1cnc(N(C)Cc2ccccn2)nc1. The van der Waals surface area contributed by atoms with Crippen molar-refractivity contribution in [1.29, 1.82) is 0 Å². The molecule has 0 aromatic carbocycles. The number of nitrogens with two attached hydrogens (primary N) is 1. The Balaban J connectivity index is 2.01. The molecule has 0 aliphatic carbocycles. The predicted octanol–water partition coefficient (Wildman–Crippen LogP) is 1.40. The van der Waals surface area contributed by atoms with Crippen molar-refractivity contribution >= 4 is 5.95 Å². The molecule has 2 rings (SSSR count). The van der Waals surface area contributed by atoms with E-state index in [0.29, 0.717) is 12.5 Å². The monoisotopic (exact) mass is 257 g/mol. The molecule has 0 saturated heterocycles. The molecule has 1 atom stereocenters. The lowest BCUT2D eigenvalue weighted by Crippen LogP contribution is -2.21. The molecule has 0 saturated carbocycles. The molecule has 0 bridgehead atoms. The van der Waals surface area contributed by atoms with Gasteiger partial charge in [0.1, 0.15) is 0 Å². The van der Waals surface area contributed by atoms with Crippen LogP contribution in [-0.4, -0.2) is 28.0 Å². The smallest absolute Gasteiger partial charge is 0.225 e. The number of hydrogen-bond donors (Lipinski definition) is 1. The van der Waals surface area contributed by atoms with Gasteiger partial charge in [0.25, 0.3) is 0 Å². The Bertz CT molecular complexity index is 495. The maximum absolute atomic E-state index is 5.75. The summed E-state index contributed by atoms with van der Waals surface area (Å²) < 4.78 is 0. The fraction of sp³-hybridized carbons (Fsp3) is 0.357. The van der Waals surface area contributed by atoms with Gasteiger partial charge in [-0.15, -0.1) is 0 Å². The molecule has 5 nitrogen and oxygen atoms in total. The lowest BCUT2D eigenvalue weighted by Gasteiger charge is -2.16.